The van der Waals surface area contributed by atoms with E-state index >= 15 is 0 Å². The second-order valence-electron chi connectivity index (χ2n) is 3.47. The van der Waals surface area contributed by atoms with Gasteiger partial charge in [0.05, 0.1) is 52.7 Å². The molecule has 96 valence electrons. The molecule has 0 radical (unpaired) electrons. The highest BCUT2D eigenvalue weighted by atomic mass is 16.5. The van der Waals surface area contributed by atoms with Crippen LogP contribution in [0, 0.1) is 0 Å². The molecule has 0 aromatic rings. The predicted octanol–water partition coefficient (Wildman–Crippen LogP) is 1.01. The summed E-state index contributed by atoms with van der Waals surface area (Å²) in [7, 11) is 1.36. The molecule has 0 atom stereocenters. The molecule has 0 aliphatic carbocycles. The molecule has 0 N–H and O–H groups in total. The molecular formula is C11H22O5. The van der Waals surface area contributed by atoms with Gasteiger partial charge in [0.25, 0.3) is 0 Å². The van der Waals surface area contributed by atoms with Crippen LogP contribution < -0.4 is 0 Å². The van der Waals surface area contributed by atoms with Gasteiger partial charge in [-0.05, 0) is 13.8 Å². The number of methoxy groups -OCH3 is 1. The smallest absolute Gasteiger partial charge is 0.307 e. The van der Waals surface area contributed by atoms with Crippen molar-refractivity contribution in [3.05, 3.63) is 0 Å². The third kappa shape index (κ3) is 11.4. The highest BCUT2D eigenvalue weighted by molar-refractivity contribution is 5.69. The lowest BCUT2D eigenvalue weighted by Gasteiger charge is -2.08. The first-order valence-corrected chi connectivity index (χ1v) is 5.50. The summed E-state index contributed by atoms with van der Waals surface area (Å²) in [5.74, 6) is -0.258. The highest BCUT2D eigenvalue weighted by Gasteiger charge is 1.99. The average molecular weight is 234 g/mol. The first-order chi connectivity index (χ1) is 7.66. The fourth-order valence-electron chi connectivity index (χ4n) is 0.922. The number of ether oxygens (including phenoxy) is 4. The van der Waals surface area contributed by atoms with Crippen LogP contribution in [-0.2, 0) is 23.7 Å². The normalized spacial score (nSPS) is 10.8. The van der Waals surface area contributed by atoms with Gasteiger partial charge in [-0.3, -0.25) is 4.79 Å². The van der Waals surface area contributed by atoms with Gasteiger partial charge in [-0.1, -0.05) is 0 Å². The van der Waals surface area contributed by atoms with E-state index in [4.69, 9.17) is 14.2 Å². The molecule has 0 saturated heterocycles. The molecule has 0 fully saturated rings. The lowest BCUT2D eigenvalue weighted by Crippen LogP contribution is -2.13. The van der Waals surface area contributed by atoms with Crippen LogP contribution in [0.3, 0.4) is 0 Å². The molecule has 5 nitrogen and oxygen atoms in total. The summed E-state index contributed by atoms with van der Waals surface area (Å²) in [6.07, 6.45) is 0.521. The SMILES string of the molecule is COC(=O)CCOCCOCCOC(C)C. The quantitative estimate of drug-likeness (QED) is 0.417. The molecule has 0 aromatic carbocycles. The van der Waals surface area contributed by atoms with Crippen LogP contribution in [0.4, 0.5) is 0 Å². The molecule has 5 heteroatoms. The largest absolute Gasteiger partial charge is 0.469 e. The molecule has 0 bridgehead atoms. The van der Waals surface area contributed by atoms with Gasteiger partial charge in [-0.15, -0.1) is 0 Å². The topological polar surface area (TPSA) is 54.0 Å². The van der Waals surface area contributed by atoms with Crippen LogP contribution in [0.25, 0.3) is 0 Å². The number of esters is 1. The van der Waals surface area contributed by atoms with Gasteiger partial charge in [0.2, 0.25) is 0 Å². The Labute approximate surface area is 97.0 Å². The van der Waals surface area contributed by atoms with Crippen molar-refractivity contribution in [3.63, 3.8) is 0 Å². The van der Waals surface area contributed by atoms with E-state index in [0.717, 1.165) is 0 Å². The first kappa shape index (κ1) is 15.3. The van der Waals surface area contributed by atoms with Gasteiger partial charge in [0.15, 0.2) is 0 Å². The third-order valence-corrected chi connectivity index (χ3v) is 1.73. The third-order valence-electron chi connectivity index (χ3n) is 1.73. The molecule has 0 spiro atoms. The maximum Gasteiger partial charge on any atom is 0.307 e. The van der Waals surface area contributed by atoms with E-state index in [9.17, 15) is 4.79 Å². The van der Waals surface area contributed by atoms with Gasteiger partial charge < -0.3 is 18.9 Å². The van der Waals surface area contributed by atoms with Gasteiger partial charge in [-0.2, -0.15) is 0 Å². The molecule has 0 aliphatic rings. The van der Waals surface area contributed by atoms with E-state index in [2.05, 4.69) is 4.74 Å². The Bertz CT molecular complexity index is 170. The molecule has 0 amide bonds. The van der Waals surface area contributed by atoms with E-state index in [-0.39, 0.29) is 18.5 Å². The lowest BCUT2D eigenvalue weighted by molar-refractivity contribution is -0.141. The first-order valence-electron chi connectivity index (χ1n) is 5.50. The van der Waals surface area contributed by atoms with Gasteiger partial charge >= 0.3 is 5.97 Å². The predicted molar refractivity (Wildman–Crippen MR) is 59.4 cm³/mol. The summed E-state index contributed by atoms with van der Waals surface area (Å²) in [5, 5.41) is 0. The van der Waals surface area contributed by atoms with E-state index < -0.39 is 0 Å². The minimum Gasteiger partial charge on any atom is -0.469 e. The van der Waals surface area contributed by atoms with Crippen molar-refractivity contribution in [2.75, 3.05) is 40.1 Å². The Morgan fingerprint density at radius 3 is 2.12 bits per heavy atom. The summed E-state index contributed by atoms with van der Waals surface area (Å²) in [6.45, 7) is 6.50. The Kier molecular flexibility index (Phi) is 10.4. The van der Waals surface area contributed by atoms with Gasteiger partial charge in [0.1, 0.15) is 0 Å². The molecule has 0 heterocycles. The van der Waals surface area contributed by atoms with Gasteiger partial charge in [-0.25, -0.2) is 0 Å². The minimum absolute atomic E-state index is 0.236. The Morgan fingerprint density at radius 1 is 1.00 bits per heavy atom. The van der Waals surface area contributed by atoms with Crippen LogP contribution in [0.1, 0.15) is 20.3 Å². The van der Waals surface area contributed by atoms with Crippen molar-refractivity contribution in [2.45, 2.75) is 26.4 Å². The van der Waals surface area contributed by atoms with Crippen molar-refractivity contribution in [1.82, 2.24) is 0 Å². The van der Waals surface area contributed by atoms with Crippen molar-refractivity contribution >= 4 is 5.97 Å². The summed E-state index contributed by atoms with van der Waals surface area (Å²) in [5.41, 5.74) is 0. The van der Waals surface area contributed by atoms with Crippen LogP contribution in [0.2, 0.25) is 0 Å². The molecule has 0 rings (SSSR count). The number of carbonyl (C=O) groups excluding carboxylic acids is 1. The Hall–Kier alpha value is -0.650. The van der Waals surface area contributed by atoms with Crippen molar-refractivity contribution in [3.8, 4) is 0 Å². The molecule has 0 aliphatic heterocycles. The molecule has 16 heavy (non-hydrogen) atoms. The minimum atomic E-state index is -0.258. The highest BCUT2D eigenvalue weighted by Crippen LogP contribution is 1.89. The number of hydrogen-bond acceptors (Lipinski definition) is 5. The van der Waals surface area contributed by atoms with E-state index in [1.807, 2.05) is 13.8 Å². The fourth-order valence-corrected chi connectivity index (χ4v) is 0.922. The molecule has 0 aromatic heterocycles. The summed E-state index contributed by atoms with van der Waals surface area (Å²) in [4.78, 5) is 10.7. The zero-order chi connectivity index (χ0) is 12.2. The molecular weight excluding hydrogens is 212 g/mol. The fraction of sp³-hybridized carbons (Fsp3) is 0.909. The van der Waals surface area contributed by atoms with Crippen molar-refractivity contribution < 1.29 is 23.7 Å². The Morgan fingerprint density at radius 2 is 1.56 bits per heavy atom. The van der Waals surface area contributed by atoms with Crippen LogP contribution in [-0.4, -0.2) is 52.2 Å². The molecule has 0 saturated carbocycles. The average Bonchev–Trinajstić information content (AvgIpc) is 2.26. The van der Waals surface area contributed by atoms with Crippen LogP contribution in [0.5, 0.6) is 0 Å². The second kappa shape index (κ2) is 10.9. The van der Waals surface area contributed by atoms with E-state index in [1.165, 1.54) is 7.11 Å². The summed E-state index contributed by atoms with van der Waals surface area (Å²) < 4.78 is 20.2. The van der Waals surface area contributed by atoms with Gasteiger partial charge in [0, 0.05) is 0 Å². The maximum absolute atomic E-state index is 10.7. The number of rotatable bonds is 10. The number of carbonyl (C=O) groups is 1. The van der Waals surface area contributed by atoms with Crippen molar-refractivity contribution in [2.24, 2.45) is 0 Å². The maximum atomic E-state index is 10.7. The van der Waals surface area contributed by atoms with Crippen molar-refractivity contribution in [1.29, 1.82) is 0 Å². The lowest BCUT2D eigenvalue weighted by atomic mass is 10.5. The molecule has 0 unspecified atom stereocenters. The monoisotopic (exact) mass is 234 g/mol. The summed E-state index contributed by atoms with van der Waals surface area (Å²) in [6, 6.07) is 0. The van der Waals surface area contributed by atoms with E-state index in [1.54, 1.807) is 0 Å². The summed E-state index contributed by atoms with van der Waals surface area (Å²) >= 11 is 0. The standard InChI is InChI=1S/C11H22O5/c1-10(2)16-9-8-15-7-6-14-5-4-11(12)13-3/h10H,4-9H2,1-3H3. The Balaban J connectivity index is 3.01. The van der Waals surface area contributed by atoms with E-state index in [0.29, 0.717) is 33.0 Å². The van der Waals surface area contributed by atoms with Crippen LogP contribution >= 0.6 is 0 Å². The number of hydrogen-bond donors (Lipinski definition) is 0. The van der Waals surface area contributed by atoms with Crippen LogP contribution in [0.15, 0.2) is 0 Å². The second-order valence-corrected chi connectivity index (χ2v) is 3.47. The zero-order valence-corrected chi connectivity index (χ0v) is 10.4. The zero-order valence-electron chi connectivity index (χ0n) is 10.4.